The number of nitrogens with one attached hydrogen (secondary N) is 1. The molecule has 1 amide bonds. The van der Waals surface area contributed by atoms with Gasteiger partial charge < -0.3 is 10.1 Å². The van der Waals surface area contributed by atoms with Crippen LogP contribution in [0.1, 0.15) is 37.4 Å². The Morgan fingerprint density at radius 2 is 2.15 bits per heavy atom. The van der Waals surface area contributed by atoms with Gasteiger partial charge >= 0.3 is 0 Å². The van der Waals surface area contributed by atoms with Crippen molar-refractivity contribution < 1.29 is 9.53 Å². The summed E-state index contributed by atoms with van der Waals surface area (Å²) < 4.78 is 7.66. The lowest BCUT2D eigenvalue weighted by Gasteiger charge is -2.24. The van der Waals surface area contributed by atoms with Crippen molar-refractivity contribution in [3.63, 3.8) is 0 Å². The smallest absolute Gasteiger partial charge is 0.226 e. The van der Waals surface area contributed by atoms with E-state index in [9.17, 15) is 4.79 Å². The molecule has 0 saturated heterocycles. The van der Waals surface area contributed by atoms with E-state index in [4.69, 9.17) is 4.74 Å². The van der Waals surface area contributed by atoms with Crippen molar-refractivity contribution in [1.29, 1.82) is 0 Å². The number of carbonyl (C=O) groups is 1. The Labute approximate surface area is 151 Å². The molecule has 0 aliphatic carbocycles. The van der Waals surface area contributed by atoms with Crippen molar-refractivity contribution >= 4 is 11.7 Å². The fourth-order valence-electron chi connectivity index (χ4n) is 3.25. The third kappa shape index (κ3) is 3.06. The molecule has 1 N–H and O–H groups in total. The third-order valence-electron chi connectivity index (χ3n) is 4.33. The van der Waals surface area contributed by atoms with E-state index in [-0.39, 0.29) is 17.9 Å². The van der Waals surface area contributed by atoms with Crippen LogP contribution in [0.5, 0.6) is 5.75 Å². The summed E-state index contributed by atoms with van der Waals surface area (Å²) in [4.78, 5) is 21.1. The maximum Gasteiger partial charge on any atom is 0.226 e. The molecule has 0 saturated carbocycles. The highest BCUT2D eigenvalue weighted by molar-refractivity contribution is 5.94. The molecule has 1 aromatic carbocycles. The van der Waals surface area contributed by atoms with Gasteiger partial charge in [-0.25, -0.2) is 4.98 Å². The molecule has 2 aromatic heterocycles. The molecule has 0 fully saturated rings. The zero-order valence-electron chi connectivity index (χ0n) is 14.7. The number of ether oxygens (including phenoxy) is 1. The fraction of sp³-hybridized carbons (Fsp3) is 0.250. The van der Waals surface area contributed by atoms with Gasteiger partial charge in [0.15, 0.2) is 0 Å². The molecule has 4 rings (SSSR count). The van der Waals surface area contributed by atoms with E-state index >= 15 is 0 Å². The number of rotatable bonds is 4. The van der Waals surface area contributed by atoms with Gasteiger partial charge in [-0.05, 0) is 43.7 Å². The minimum absolute atomic E-state index is 0.0247. The van der Waals surface area contributed by atoms with E-state index in [1.165, 1.54) is 0 Å². The summed E-state index contributed by atoms with van der Waals surface area (Å²) in [6.07, 6.45) is 5.65. The molecule has 1 aliphatic heterocycles. The second-order valence-electron chi connectivity index (χ2n) is 6.60. The van der Waals surface area contributed by atoms with Crippen LogP contribution < -0.4 is 10.1 Å². The summed E-state index contributed by atoms with van der Waals surface area (Å²) in [5, 5.41) is 2.96. The van der Waals surface area contributed by atoms with Crippen LogP contribution in [-0.2, 0) is 4.79 Å². The monoisotopic (exact) mass is 348 g/mol. The number of anilines is 1. The number of amides is 1. The Bertz CT molecular complexity index is 934. The van der Waals surface area contributed by atoms with Gasteiger partial charge in [0.05, 0.1) is 23.7 Å². The summed E-state index contributed by atoms with van der Waals surface area (Å²) in [5.74, 6) is 1.38. The van der Waals surface area contributed by atoms with Crippen LogP contribution in [0.25, 0.3) is 5.69 Å². The van der Waals surface area contributed by atoms with Gasteiger partial charge in [-0.15, -0.1) is 0 Å². The van der Waals surface area contributed by atoms with Gasteiger partial charge in [0.1, 0.15) is 17.9 Å². The molecule has 0 unspecified atom stereocenters. The summed E-state index contributed by atoms with van der Waals surface area (Å²) in [7, 11) is 0. The number of imidazole rings is 1. The molecule has 3 aromatic rings. The zero-order chi connectivity index (χ0) is 18.1. The average molecular weight is 348 g/mol. The number of fused-ring (bicyclic) bond motifs is 1. The summed E-state index contributed by atoms with van der Waals surface area (Å²) in [6, 6.07) is 11.7. The Kier molecular flexibility index (Phi) is 4.16. The first kappa shape index (κ1) is 16.3. The van der Waals surface area contributed by atoms with Crippen LogP contribution in [0, 0.1) is 0 Å². The van der Waals surface area contributed by atoms with Crippen molar-refractivity contribution in [3.8, 4) is 11.4 Å². The quantitative estimate of drug-likeness (QED) is 0.783. The van der Waals surface area contributed by atoms with E-state index in [0.717, 1.165) is 22.7 Å². The highest BCUT2D eigenvalue weighted by Crippen LogP contribution is 2.38. The Morgan fingerprint density at radius 1 is 1.27 bits per heavy atom. The summed E-state index contributed by atoms with van der Waals surface area (Å²) in [5.41, 5.74) is 2.74. The number of hydrogen-bond donors (Lipinski definition) is 1. The average Bonchev–Trinajstić information content (AvgIpc) is 3.05. The number of nitrogens with zero attached hydrogens (tertiary/aromatic N) is 3. The Morgan fingerprint density at radius 3 is 2.92 bits per heavy atom. The molecule has 6 heteroatoms. The minimum atomic E-state index is -0.104. The van der Waals surface area contributed by atoms with Gasteiger partial charge in [-0.2, -0.15) is 0 Å². The lowest BCUT2D eigenvalue weighted by molar-refractivity contribution is -0.116. The number of pyridine rings is 1. The van der Waals surface area contributed by atoms with Crippen molar-refractivity contribution in [3.05, 3.63) is 66.4 Å². The van der Waals surface area contributed by atoms with Crippen LogP contribution in [0.2, 0.25) is 0 Å². The molecule has 6 nitrogen and oxygen atoms in total. The van der Waals surface area contributed by atoms with E-state index < -0.39 is 0 Å². The molecule has 3 heterocycles. The first-order valence-corrected chi connectivity index (χ1v) is 8.66. The van der Waals surface area contributed by atoms with Crippen LogP contribution in [0.15, 0.2) is 55.1 Å². The predicted octanol–water partition coefficient (Wildman–Crippen LogP) is 3.53. The normalized spacial score (nSPS) is 16.3. The zero-order valence-corrected chi connectivity index (χ0v) is 14.7. The van der Waals surface area contributed by atoms with Gasteiger partial charge in [0.2, 0.25) is 5.91 Å². The lowest BCUT2D eigenvalue weighted by Crippen LogP contribution is -2.25. The lowest BCUT2D eigenvalue weighted by atomic mass is 9.89. The fourth-order valence-corrected chi connectivity index (χ4v) is 3.25. The molecule has 0 bridgehead atoms. The van der Waals surface area contributed by atoms with Crippen LogP contribution in [0.3, 0.4) is 0 Å². The highest BCUT2D eigenvalue weighted by Gasteiger charge is 2.31. The molecule has 0 radical (unpaired) electrons. The minimum Gasteiger partial charge on any atom is -0.491 e. The molecular formula is C20H20N4O2. The number of aromatic nitrogens is 3. The van der Waals surface area contributed by atoms with Gasteiger partial charge in [0, 0.05) is 18.5 Å². The van der Waals surface area contributed by atoms with Crippen LogP contribution >= 0.6 is 0 Å². The second-order valence-corrected chi connectivity index (χ2v) is 6.60. The van der Waals surface area contributed by atoms with E-state index in [0.29, 0.717) is 12.2 Å². The van der Waals surface area contributed by atoms with Gasteiger partial charge in [0.25, 0.3) is 0 Å². The number of benzene rings is 1. The molecular weight excluding hydrogens is 328 g/mol. The summed E-state index contributed by atoms with van der Waals surface area (Å²) >= 11 is 0. The van der Waals surface area contributed by atoms with Crippen LogP contribution in [0.4, 0.5) is 5.82 Å². The molecule has 0 spiro atoms. The predicted molar refractivity (Wildman–Crippen MR) is 98.7 cm³/mol. The molecule has 26 heavy (non-hydrogen) atoms. The summed E-state index contributed by atoms with van der Waals surface area (Å²) in [6.45, 7) is 3.99. The molecule has 132 valence electrons. The second kappa shape index (κ2) is 6.63. The van der Waals surface area contributed by atoms with E-state index in [2.05, 4.69) is 15.3 Å². The van der Waals surface area contributed by atoms with Crippen molar-refractivity contribution in [2.45, 2.75) is 32.3 Å². The number of hydrogen-bond acceptors (Lipinski definition) is 4. The van der Waals surface area contributed by atoms with Crippen LogP contribution in [-0.4, -0.2) is 26.5 Å². The van der Waals surface area contributed by atoms with Gasteiger partial charge in [-0.1, -0.05) is 12.1 Å². The highest BCUT2D eigenvalue weighted by atomic mass is 16.5. The largest absolute Gasteiger partial charge is 0.491 e. The Balaban J connectivity index is 1.75. The van der Waals surface area contributed by atoms with E-state index in [1.807, 2.05) is 54.8 Å². The van der Waals surface area contributed by atoms with E-state index in [1.54, 1.807) is 18.7 Å². The standard InChI is InChI=1S/C20H20N4O2/c1-13(2)26-16-7-3-5-14(9-16)17-10-18(25)23-20-19(17)22-12-24(20)15-6-4-8-21-11-15/h3-9,11-13,17H,10H2,1-2H3,(H,23,25)/t17-/m1/s1. The Hall–Kier alpha value is -3.15. The van der Waals surface area contributed by atoms with Gasteiger partial charge in [-0.3, -0.25) is 14.3 Å². The maximum atomic E-state index is 12.4. The third-order valence-corrected chi connectivity index (χ3v) is 4.33. The SMILES string of the molecule is CC(C)Oc1cccc([C@H]2CC(=O)Nc3c2ncn3-c2cccnc2)c1. The topological polar surface area (TPSA) is 69.0 Å². The van der Waals surface area contributed by atoms with Crippen molar-refractivity contribution in [1.82, 2.24) is 14.5 Å². The first-order chi connectivity index (χ1) is 12.6. The maximum absolute atomic E-state index is 12.4. The first-order valence-electron chi connectivity index (χ1n) is 8.66. The van der Waals surface area contributed by atoms with Crippen molar-refractivity contribution in [2.75, 3.05) is 5.32 Å². The van der Waals surface area contributed by atoms with Crippen molar-refractivity contribution in [2.24, 2.45) is 0 Å². The number of carbonyl (C=O) groups excluding carboxylic acids is 1. The molecule has 1 atom stereocenters. The molecule has 1 aliphatic rings.